The molecule has 0 bridgehead atoms. The Bertz CT molecular complexity index is 667. The predicted molar refractivity (Wildman–Crippen MR) is 75.9 cm³/mol. The van der Waals surface area contributed by atoms with Crippen LogP contribution in [-0.2, 0) is 22.4 Å². The maximum absolute atomic E-state index is 12.5. The van der Waals surface area contributed by atoms with Crippen LogP contribution in [0.2, 0.25) is 0 Å². The van der Waals surface area contributed by atoms with E-state index in [1.165, 1.54) is 0 Å². The summed E-state index contributed by atoms with van der Waals surface area (Å²) in [5.74, 6) is -1.56. The van der Waals surface area contributed by atoms with Gasteiger partial charge >= 0.3 is 5.97 Å². The number of aliphatic carboxylic acids is 1. The van der Waals surface area contributed by atoms with Crippen molar-refractivity contribution in [3.8, 4) is 0 Å². The van der Waals surface area contributed by atoms with E-state index in [1.807, 2.05) is 24.3 Å². The van der Waals surface area contributed by atoms with Gasteiger partial charge in [0.1, 0.15) is 0 Å². The molecular formula is C15H15N3O3. The fourth-order valence-electron chi connectivity index (χ4n) is 2.64. The lowest BCUT2D eigenvalue weighted by molar-refractivity contribution is -0.141. The first-order valence-corrected chi connectivity index (χ1v) is 6.74. The molecule has 21 heavy (non-hydrogen) atoms. The van der Waals surface area contributed by atoms with Gasteiger partial charge in [0.15, 0.2) is 0 Å². The molecule has 1 unspecified atom stereocenters. The zero-order valence-electron chi connectivity index (χ0n) is 11.3. The lowest BCUT2D eigenvalue weighted by Gasteiger charge is -2.32. The molecule has 2 heterocycles. The molecular weight excluding hydrogens is 270 g/mol. The fourth-order valence-corrected chi connectivity index (χ4v) is 2.64. The van der Waals surface area contributed by atoms with Gasteiger partial charge in [0.2, 0.25) is 5.91 Å². The minimum Gasteiger partial charge on any atom is -0.481 e. The maximum Gasteiger partial charge on any atom is 0.308 e. The molecule has 0 saturated heterocycles. The summed E-state index contributed by atoms with van der Waals surface area (Å²) in [4.78, 5) is 25.3. The first kappa shape index (κ1) is 13.4. The first-order chi connectivity index (χ1) is 10.1. The molecule has 1 aromatic heterocycles. The number of carbonyl (C=O) groups excluding carboxylic acids is 1. The van der Waals surface area contributed by atoms with Crippen LogP contribution in [0.4, 0.5) is 5.69 Å². The molecule has 6 heteroatoms. The van der Waals surface area contributed by atoms with Gasteiger partial charge in [-0.15, -0.1) is 0 Å². The summed E-state index contributed by atoms with van der Waals surface area (Å²) in [6.07, 6.45) is 2.23. The molecule has 1 aliphatic rings. The second-order valence-electron chi connectivity index (χ2n) is 5.13. The Balaban J connectivity index is 1.89. The predicted octanol–water partition coefficient (Wildman–Crippen LogP) is 1.24. The van der Waals surface area contributed by atoms with Crippen LogP contribution in [0.15, 0.2) is 36.5 Å². The Morgan fingerprint density at radius 1 is 1.33 bits per heavy atom. The van der Waals surface area contributed by atoms with Crippen molar-refractivity contribution < 1.29 is 14.7 Å². The summed E-state index contributed by atoms with van der Waals surface area (Å²) < 4.78 is 0. The third-order valence-electron chi connectivity index (χ3n) is 3.70. The highest BCUT2D eigenvalue weighted by Crippen LogP contribution is 2.30. The second-order valence-corrected chi connectivity index (χ2v) is 5.13. The summed E-state index contributed by atoms with van der Waals surface area (Å²) in [6.45, 7) is 0.208. The summed E-state index contributed by atoms with van der Waals surface area (Å²) >= 11 is 0. The number of nitrogens with zero attached hydrogens (tertiary/aromatic N) is 2. The van der Waals surface area contributed by atoms with E-state index >= 15 is 0 Å². The quantitative estimate of drug-likeness (QED) is 0.888. The number of hydrogen-bond donors (Lipinski definition) is 2. The normalized spacial score (nSPS) is 17.3. The number of rotatable bonds is 3. The molecule has 2 N–H and O–H groups in total. The number of carboxylic acid groups (broad SMARTS) is 1. The van der Waals surface area contributed by atoms with Crippen molar-refractivity contribution in [1.82, 2.24) is 10.2 Å². The van der Waals surface area contributed by atoms with Crippen LogP contribution in [-0.4, -0.2) is 33.7 Å². The summed E-state index contributed by atoms with van der Waals surface area (Å²) in [6, 6.07) is 9.19. The number of anilines is 1. The number of amides is 1. The number of para-hydroxylation sites is 1. The molecule has 0 aliphatic carbocycles. The molecule has 1 aromatic carbocycles. The van der Waals surface area contributed by atoms with Crippen molar-refractivity contribution in [2.45, 2.75) is 12.8 Å². The third kappa shape index (κ3) is 2.65. The van der Waals surface area contributed by atoms with Gasteiger partial charge in [-0.3, -0.25) is 14.7 Å². The average Bonchev–Trinajstić information content (AvgIpc) is 2.98. The second kappa shape index (κ2) is 5.40. The first-order valence-electron chi connectivity index (χ1n) is 6.74. The molecule has 1 amide bonds. The van der Waals surface area contributed by atoms with Crippen molar-refractivity contribution in [3.63, 3.8) is 0 Å². The van der Waals surface area contributed by atoms with Crippen LogP contribution < -0.4 is 4.90 Å². The molecule has 3 rings (SSSR count). The van der Waals surface area contributed by atoms with Crippen molar-refractivity contribution in [1.29, 1.82) is 0 Å². The van der Waals surface area contributed by atoms with Crippen LogP contribution >= 0.6 is 0 Å². The number of carbonyl (C=O) groups is 2. The largest absolute Gasteiger partial charge is 0.481 e. The van der Waals surface area contributed by atoms with Gasteiger partial charge in [-0.1, -0.05) is 18.2 Å². The number of aromatic amines is 1. The number of hydrogen-bond acceptors (Lipinski definition) is 3. The number of benzene rings is 1. The Hall–Kier alpha value is -2.63. The van der Waals surface area contributed by atoms with Gasteiger partial charge < -0.3 is 10.0 Å². The van der Waals surface area contributed by atoms with Gasteiger partial charge in [-0.2, -0.15) is 5.10 Å². The maximum atomic E-state index is 12.5. The lowest BCUT2D eigenvalue weighted by atomic mass is 9.92. The van der Waals surface area contributed by atoms with Crippen LogP contribution in [0, 0.1) is 5.92 Å². The van der Waals surface area contributed by atoms with E-state index in [4.69, 9.17) is 0 Å². The molecule has 1 aliphatic heterocycles. The molecule has 1 atom stereocenters. The van der Waals surface area contributed by atoms with Crippen LogP contribution in [0.1, 0.15) is 11.3 Å². The van der Waals surface area contributed by atoms with E-state index < -0.39 is 11.9 Å². The highest BCUT2D eigenvalue weighted by Gasteiger charge is 2.32. The van der Waals surface area contributed by atoms with Gasteiger partial charge in [-0.25, -0.2) is 0 Å². The minimum absolute atomic E-state index is 0.127. The molecule has 2 aromatic rings. The standard InChI is InChI=1S/C15H15N3O3/c19-14(8-12-5-6-16-17-12)18-9-11(15(20)21)7-10-3-1-2-4-13(10)18/h1-6,11H,7-9H2,(H,16,17)(H,20,21). The summed E-state index contributed by atoms with van der Waals surface area (Å²) in [7, 11) is 0. The number of carboxylic acids is 1. The van der Waals surface area contributed by atoms with Crippen molar-refractivity contribution >= 4 is 17.6 Å². The van der Waals surface area contributed by atoms with Gasteiger partial charge in [-0.05, 0) is 24.1 Å². The Morgan fingerprint density at radius 2 is 2.14 bits per heavy atom. The van der Waals surface area contributed by atoms with Crippen LogP contribution in [0.3, 0.4) is 0 Å². The van der Waals surface area contributed by atoms with E-state index in [2.05, 4.69) is 10.2 Å². The summed E-state index contributed by atoms with van der Waals surface area (Å²) in [5, 5.41) is 15.8. The zero-order chi connectivity index (χ0) is 14.8. The molecule has 0 spiro atoms. The highest BCUT2D eigenvalue weighted by atomic mass is 16.4. The van der Waals surface area contributed by atoms with Crippen molar-refractivity contribution in [3.05, 3.63) is 47.8 Å². The summed E-state index contributed by atoms with van der Waals surface area (Å²) in [5.41, 5.74) is 2.42. The highest BCUT2D eigenvalue weighted by molar-refractivity contribution is 5.96. The average molecular weight is 285 g/mol. The van der Waals surface area contributed by atoms with Crippen LogP contribution in [0.5, 0.6) is 0 Å². The topological polar surface area (TPSA) is 86.3 Å². The number of aromatic nitrogens is 2. The van der Waals surface area contributed by atoms with E-state index in [0.717, 1.165) is 16.9 Å². The lowest BCUT2D eigenvalue weighted by Crippen LogP contribution is -2.43. The Kier molecular flexibility index (Phi) is 3.43. The molecule has 0 radical (unpaired) electrons. The van der Waals surface area contributed by atoms with Gasteiger partial charge in [0.25, 0.3) is 0 Å². The van der Waals surface area contributed by atoms with Crippen molar-refractivity contribution in [2.75, 3.05) is 11.4 Å². The molecule has 0 fully saturated rings. The van der Waals surface area contributed by atoms with Crippen LogP contribution in [0.25, 0.3) is 0 Å². The smallest absolute Gasteiger partial charge is 0.308 e. The zero-order valence-corrected chi connectivity index (χ0v) is 11.3. The van der Waals surface area contributed by atoms with E-state index in [-0.39, 0.29) is 18.9 Å². The van der Waals surface area contributed by atoms with E-state index in [1.54, 1.807) is 17.2 Å². The number of H-pyrrole nitrogens is 1. The monoisotopic (exact) mass is 285 g/mol. The SMILES string of the molecule is O=C(O)C1Cc2ccccc2N(C(=O)Cc2ccn[nH]2)C1. The van der Waals surface area contributed by atoms with Gasteiger partial charge in [0, 0.05) is 24.1 Å². The Morgan fingerprint density at radius 3 is 2.86 bits per heavy atom. The Labute approximate surface area is 121 Å². The van der Waals surface area contributed by atoms with Gasteiger partial charge in [0.05, 0.1) is 12.3 Å². The third-order valence-corrected chi connectivity index (χ3v) is 3.70. The van der Waals surface area contributed by atoms with E-state index in [0.29, 0.717) is 6.42 Å². The fraction of sp³-hybridized carbons (Fsp3) is 0.267. The van der Waals surface area contributed by atoms with Crippen molar-refractivity contribution in [2.24, 2.45) is 5.92 Å². The number of fused-ring (bicyclic) bond motifs is 1. The number of nitrogens with one attached hydrogen (secondary N) is 1. The minimum atomic E-state index is -0.871. The molecule has 0 saturated carbocycles. The molecule has 108 valence electrons. The van der Waals surface area contributed by atoms with E-state index in [9.17, 15) is 14.7 Å². The molecule has 6 nitrogen and oxygen atoms in total.